The Morgan fingerprint density at radius 1 is 1.65 bits per heavy atom. The summed E-state index contributed by atoms with van der Waals surface area (Å²) >= 11 is 0. The zero-order valence-electron chi connectivity index (χ0n) is 9.41. The van der Waals surface area contributed by atoms with Crippen LogP contribution in [-0.2, 0) is 20.3 Å². The maximum atomic E-state index is 11.1. The van der Waals surface area contributed by atoms with Crippen LogP contribution in [0.3, 0.4) is 0 Å². The first-order valence-corrected chi connectivity index (χ1v) is 7.53. The van der Waals surface area contributed by atoms with E-state index < -0.39 is 9.05 Å². The van der Waals surface area contributed by atoms with Gasteiger partial charge in [-0.2, -0.15) is 5.10 Å². The van der Waals surface area contributed by atoms with Gasteiger partial charge in [-0.3, -0.25) is 4.68 Å². The number of nitrogens with zero attached hydrogens (tertiary/aromatic N) is 3. The lowest BCUT2D eigenvalue weighted by Gasteiger charge is -2.29. The van der Waals surface area contributed by atoms with Crippen LogP contribution in [0.25, 0.3) is 0 Å². The normalized spacial score (nSPS) is 22.8. The van der Waals surface area contributed by atoms with Crippen LogP contribution < -0.4 is 0 Å². The largest absolute Gasteiger partial charge is 0.374 e. The molecular weight excluding hydrogens is 266 g/mol. The van der Waals surface area contributed by atoms with Gasteiger partial charge in [0, 0.05) is 30.0 Å². The molecule has 0 aromatic carbocycles. The number of hydrogen-bond acceptors (Lipinski definition) is 5. The fraction of sp³-hybridized carbons (Fsp3) is 0.667. The number of rotatable bonds is 3. The second kappa shape index (κ2) is 4.93. The molecule has 8 heteroatoms. The van der Waals surface area contributed by atoms with Gasteiger partial charge in [-0.15, -0.1) is 0 Å². The highest BCUT2D eigenvalue weighted by molar-refractivity contribution is 8.13. The van der Waals surface area contributed by atoms with Gasteiger partial charge in [-0.1, -0.05) is 0 Å². The van der Waals surface area contributed by atoms with E-state index in [1.165, 1.54) is 12.4 Å². The monoisotopic (exact) mass is 279 g/mol. The Bertz CT molecular complexity index is 487. The molecule has 0 amide bonds. The zero-order chi connectivity index (χ0) is 12.5. The number of halogens is 1. The Morgan fingerprint density at radius 3 is 3.00 bits per heavy atom. The zero-order valence-corrected chi connectivity index (χ0v) is 11.0. The van der Waals surface area contributed by atoms with Crippen molar-refractivity contribution in [2.45, 2.75) is 17.5 Å². The minimum atomic E-state index is -3.70. The molecule has 17 heavy (non-hydrogen) atoms. The lowest BCUT2D eigenvalue weighted by Crippen LogP contribution is -2.42. The summed E-state index contributed by atoms with van der Waals surface area (Å²) in [5, 5.41) is 3.96. The molecule has 0 saturated carbocycles. The van der Waals surface area contributed by atoms with Crippen LogP contribution in [0.4, 0.5) is 0 Å². The van der Waals surface area contributed by atoms with Gasteiger partial charge >= 0.3 is 0 Å². The molecule has 0 spiro atoms. The van der Waals surface area contributed by atoms with E-state index in [0.717, 1.165) is 13.1 Å². The Balaban J connectivity index is 2.02. The Hall–Kier alpha value is -0.630. The molecule has 2 rings (SSSR count). The van der Waals surface area contributed by atoms with Gasteiger partial charge in [0.2, 0.25) is 0 Å². The van der Waals surface area contributed by atoms with Crippen LogP contribution in [0.2, 0.25) is 0 Å². The Morgan fingerprint density at radius 2 is 2.41 bits per heavy atom. The van der Waals surface area contributed by atoms with Crippen LogP contribution in [-0.4, -0.2) is 55.9 Å². The predicted octanol–water partition coefficient (Wildman–Crippen LogP) is 0.141. The molecule has 1 atom stereocenters. The number of aromatic nitrogens is 2. The van der Waals surface area contributed by atoms with E-state index in [2.05, 4.69) is 10.00 Å². The first kappa shape index (κ1) is 12.8. The summed E-state index contributed by atoms with van der Waals surface area (Å²) < 4.78 is 29.2. The summed E-state index contributed by atoms with van der Waals surface area (Å²) in [6.45, 7) is 2.93. The second-order valence-corrected chi connectivity index (χ2v) is 6.66. The van der Waals surface area contributed by atoms with Crippen LogP contribution in [0.15, 0.2) is 17.3 Å². The molecule has 2 heterocycles. The van der Waals surface area contributed by atoms with Crippen molar-refractivity contribution in [1.82, 2.24) is 14.7 Å². The molecule has 1 aromatic rings. The van der Waals surface area contributed by atoms with Crippen molar-refractivity contribution in [2.75, 3.05) is 26.7 Å². The van der Waals surface area contributed by atoms with Crippen molar-refractivity contribution in [3.63, 3.8) is 0 Å². The summed E-state index contributed by atoms with van der Waals surface area (Å²) in [6.07, 6.45) is 2.69. The lowest BCUT2D eigenvalue weighted by atomic mass is 10.3. The molecule has 1 aromatic heterocycles. The van der Waals surface area contributed by atoms with Gasteiger partial charge in [0.1, 0.15) is 4.90 Å². The Labute approximate surface area is 105 Å². The van der Waals surface area contributed by atoms with Gasteiger partial charge in [0.25, 0.3) is 9.05 Å². The smallest absolute Gasteiger partial charge is 0.264 e. The van der Waals surface area contributed by atoms with Crippen molar-refractivity contribution in [1.29, 1.82) is 0 Å². The number of morpholine rings is 1. The van der Waals surface area contributed by atoms with Crippen LogP contribution >= 0.6 is 10.7 Å². The van der Waals surface area contributed by atoms with Gasteiger partial charge in [-0.25, -0.2) is 8.42 Å². The van der Waals surface area contributed by atoms with Gasteiger partial charge in [-0.05, 0) is 7.05 Å². The molecule has 6 nitrogen and oxygen atoms in total. The van der Waals surface area contributed by atoms with Crippen molar-refractivity contribution >= 4 is 19.7 Å². The molecule has 1 aliphatic rings. The predicted molar refractivity (Wildman–Crippen MR) is 62.5 cm³/mol. The maximum absolute atomic E-state index is 11.1. The van der Waals surface area contributed by atoms with Crippen molar-refractivity contribution in [3.05, 3.63) is 12.4 Å². The first-order valence-electron chi connectivity index (χ1n) is 5.22. The van der Waals surface area contributed by atoms with Crippen molar-refractivity contribution in [3.8, 4) is 0 Å². The van der Waals surface area contributed by atoms with Gasteiger partial charge in [0.15, 0.2) is 0 Å². The molecule has 0 bridgehead atoms. The third-order valence-electron chi connectivity index (χ3n) is 2.62. The molecule has 0 radical (unpaired) electrons. The Kier molecular flexibility index (Phi) is 3.72. The molecule has 0 aliphatic carbocycles. The summed E-state index contributed by atoms with van der Waals surface area (Å²) in [6, 6.07) is 0. The van der Waals surface area contributed by atoms with E-state index in [1.807, 2.05) is 7.05 Å². The fourth-order valence-electron chi connectivity index (χ4n) is 1.76. The van der Waals surface area contributed by atoms with Gasteiger partial charge in [0.05, 0.1) is 25.5 Å². The quantitative estimate of drug-likeness (QED) is 0.737. The molecule has 1 saturated heterocycles. The summed E-state index contributed by atoms with van der Waals surface area (Å²) in [7, 11) is 3.54. The average molecular weight is 280 g/mol. The minimum Gasteiger partial charge on any atom is -0.374 e. The molecule has 0 N–H and O–H groups in total. The van der Waals surface area contributed by atoms with E-state index in [1.54, 1.807) is 4.68 Å². The van der Waals surface area contributed by atoms with Crippen LogP contribution in [0, 0.1) is 0 Å². The molecule has 1 aliphatic heterocycles. The average Bonchev–Trinajstić information content (AvgIpc) is 2.65. The second-order valence-electron chi connectivity index (χ2n) is 4.09. The van der Waals surface area contributed by atoms with E-state index in [0.29, 0.717) is 13.2 Å². The molecule has 1 fully saturated rings. The van der Waals surface area contributed by atoms with E-state index in [4.69, 9.17) is 15.4 Å². The standard InChI is InChI=1S/C9H14ClN3O3S/c1-12-2-3-16-8(5-12)6-13-7-9(4-11-13)17(10,14)15/h4,7-8H,2-3,5-6H2,1H3. The highest BCUT2D eigenvalue weighted by atomic mass is 35.7. The summed E-state index contributed by atoms with van der Waals surface area (Å²) in [5.74, 6) is 0. The first-order chi connectivity index (χ1) is 7.95. The summed E-state index contributed by atoms with van der Waals surface area (Å²) in [5.41, 5.74) is 0. The van der Waals surface area contributed by atoms with Crippen molar-refractivity contribution in [2.24, 2.45) is 0 Å². The molecule has 96 valence electrons. The highest BCUT2D eigenvalue weighted by Crippen LogP contribution is 2.14. The third kappa shape index (κ3) is 3.41. The highest BCUT2D eigenvalue weighted by Gasteiger charge is 2.19. The van der Waals surface area contributed by atoms with E-state index in [9.17, 15) is 8.42 Å². The number of ether oxygens (including phenoxy) is 1. The lowest BCUT2D eigenvalue weighted by molar-refractivity contribution is -0.0290. The fourth-order valence-corrected chi connectivity index (χ4v) is 2.42. The molecular formula is C9H14ClN3O3S. The maximum Gasteiger partial charge on any atom is 0.264 e. The number of hydrogen-bond donors (Lipinski definition) is 0. The van der Waals surface area contributed by atoms with Crippen LogP contribution in [0.5, 0.6) is 0 Å². The van der Waals surface area contributed by atoms with Gasteiger partial charge < -0.3 is 9.64 Å². The molecule has 1 unspecified atom stereocenters. The van der Waals surface area contributed by atoms with Crippen LogP contribution in [0.1, 0.15) is 0 Å². The number of likely N-dealkylation sites (N-methyl/N-ethyl adjacent to an activating group) is 1. The van der Waals surface area contributed by atoms with E-state index >= 15 is 0 Å². The third-order valence-corrected chi connectivity index (χ3v) is 3.93. The SMILES string of the molecule is CN1CCOC(Cn2cc(S(=O)(=O)Cl)cn2)C1. The van der Waals surface area contributed by atoms with E-state index in [-0.39, 0.29) is 11.0 Å². The topological polar surface area (TPSA) is 64.4 Å². The minimum absolute atomic E-state index is 0.0170. The van der Waals surface area contributed by atoms with Crippen molar-refractivity contribution < 1.29 is 13.2 Å². The summed E-state index contributed by atoms with van der Waals surface area (Å²) in [4.78, 5) is 2.18.